The number of aryl methyl sites for hydroxylation is 1. The number of aliphatic carboxylic acids is 1. The molecular formula is C12H20N4O4. The van der Waals surface area contributed by atoms with Crippen molar-refractivity contribution in [2.45, 2.75) is 26.7 Å². The monoisotopic (exact) mass is 284 g/mol. The summed E-state index contributed by atoms with van der Waals surface area (Å²) in [5.74, 6) is -1.32. The van der Waals surface area contributed by atoms with Crippen molar-refractivity contribution in [2.24, 2.45) is 13.0 Å². The lowest BCUT2D eigenvalue weighted by atomic mass is 10.1. The minimum absolute atomic E-state index is 0.0532. The first-order chi connectivity index (χ1) is 9.16. The number of carboxylic acid groups (broad SMARTS) is 1. The van der Waals surface area contributed by atoms with Gasteiger partial charge in [-0.15, -0.1) is 0 Å². The fourth-order valence-corrected chi connectivity index (χ4v) is 2.09. The van der Waals surface area contributed by atoms with E-state index in [9.17, 15) is 14.9 Å². The lowest BCUT2D eigenvalue weighted by molar-refractivity contribution is -0.385. The molecule has 1 aromatic rings. The van der Waals surface area contributed by atoms with Gasteiger partial charge in [-0.05, 0) is 0 Å². The van der Waals surface area contributed by atoms with Crippen LogP contribution in [0.5, 0.6) is 0 Å². The predicted molar refractivity (Wildman–Crippen MR) is 74.0 cm³/mol. The maximum atomic E-state index is 11.3. The molecule has 0 spiro atoms. The highest BCUT2D eigenvalue weighted by Crippen LogP contribution is 2.34. The molecule has 1 atom stereocenters. The van der Waals surface area contributed by atoms with Gasteiger partial charge < -0.3 is 10.0 Å². The number of nitrogens with zero attached hydrogens (tertiary/aromatic N) is 4. The van der Waals surface area contributed by atoms with E-state index in [1.807, 2.05) is 13.8 Å². The second-order valence-corrected chi connectivity index (χ2v) is 5.21. The SMILES string of the molecule is CC(CN(C)c1c([N+](=O)[O-])c(C(C)C)nn1C)C(=O)O. The van der Waals surface area contributed by atoms with Gasteiger partial charge in [0.1, 0.15) is 5.69 Å². The molecule has 1 rings (SSSR count). The van der Waals surface area contributed by atoms with Crippen LogP contribution in [-0.2, 0) is 11.8 Å². The van der Waals surface area contributed by atoms with Gasteiger partial charge in [0.25, 0.3) is 0 Å². The number of hydrogen-bond donors (Lipinski definition) is 1. The van der Waals surface area contributed by atoms with Gasteiger partial charge in [-0.2, -0.15) is 5.10 Å². The van der Waals surface area contributed by atoms with Crippen LogP contribution in [0.3, 0.4) is 0 Å². The summed E-state index contributed by atoms with van der Waals surface area (Å²) in [6.07, 6.45) is 0. The lowest BCUT2D eigenvalue weighted by Crippen LogP contribution is -2.30. The molecule has 1 heterocycles. The Morgan fingerprint density at radius 3 is 2.45 bits per heavy atom. The molecular weight excluding hydrogens is 264 g/mol. The molecule has 0 bridgehead atoms. The summed E-state index contributed by atoms with van der Waals surface area (Å²) >= 11 is 0. The molecule has 1 unspecified atom stereocenters. The molecule has 0 amide bonds. The Morgan fingerprint density at radius 1 is 1.50 bits per heavy atom. The Kier molecular flexibility index (Phi) is 4.69. The molecule has 0 aliphatic rings. The standard InChI is InChI=1S/C12H20N4O4/c1-7(2)9-10(16(19)20)11(15(5)13-9)14(4)6-8(3)12(17)18/h7-8H,6H2,1-5H3,(H,17,18). The largest absolute Gasteiger partial charge is 0.481 e. The number of carbonyl (C=O) groups is 1. The predicted octanol–water partition coefficient (Wildman–Crippen LogP) is 1.61. The first-order valence-corrected chi connectivity index (χ1v) is 6.32. The maximum Gasteiger partial charge on any atom is 0.334 e. The summed E-state index contributed by atoms with van der Waals surface area (Å²) < 4.78 is 1.43. The fourth-order valence-electron chi connectivity index (χ4n) is 2.09. The van der Waals surface area contributed by atoms with Gasteiger partial charge in [0.05, 0.1) is 10.8 Å². The van der Waals surface area contributed by atoms with Gasteiger partial charge in [-0.1, -0.05) is 20.8 Å². The Balaban J connectivity index is 3.23. The quantitative estimate of drug-likeness (QED) is 0.629. The van der Waals surface area contributed by atoms with Crippen LogP contribution in [0, 0.1) is 16.0 Å². The van der Waals surface area contributed by atoms with E-state index in [2.05, 4.69) is 5.10 Å². The van der Waals surface area contributed by atoms with E-state index in [4.69, 9.17) is 5.11 Å². The third-order valence-electron chi connectivity index (χ3n) is 3.08. The van der Waals surface area contributed by atoms with Gasteiger partial charge in [-0.3, -0.25) is 14.9 Å². The van der Waals surface area contributed by atoms with Crippen molar-refractivity contribution in [1.29, 1.82) is 0 Å². The minimum Gasteiger partial charge on any atom is -0.481 e. The van der Waals surface area contributed by atoms with Crippen molar-refractivity contribution < 1.29 is 14.8 Å². The zero-order chi connectivity index (χ0) is 15.6. The highest BCUT2D eigenvalue weighted by molar-refractivity contribution is 5.71. The summed E-state index contributed by atoms with van der Waals surface area (Å²) in [5, 5.41) is 24.4. The highest BCUT2D eigenvalue weighted by Gasteiger charge is 2.31. The highest BCUT2D eigenvalue weighted by atomic mass is 16.6. The molecule has 20 heavy (non-hydrogen) atoms. The molecule has 0 fully saturated rings. The summed E-state index contributed by atoms with van der Waals surface area (Å²) in [6.45, 7) is 5.40. The Hall–Kier alpha value is -2.12. The smallest absolute Gasteiger partial charge is 0.334 e. The Bertz CT molecular complexity index is 524. The topological polar surface area (TPSA) is 101 Å². The average Bonchev–Trinajstić information content (AvgIpc) is 2.66. The molecule has 1 N–H and O–H groups in total. The number of rotatable bonds is 6. The molecule has 112 valence electrons. The van der Waals surface area contributed by atoms with Gasteiger partial charge >= 0.3 is 11.7 Å². The number of aromatic nitrogens is 2. The molecule has 1 aromatic heterocycles. The van der Waals surface area contributed by atoms with Gasteiger partial charge in [0, 0.05) is 26.6 Å². The number of carboxylic acids is 1. The third kappa shape index (κ3) is 3.06. The van der Waals surface area contributed by atoms with Gasteiger partial charge in [-0.25, -0.2) is 4.68 Å². The Labute approximate surface area is 117 Å². The normalized spacial score (nSPS) is 12.5. The first kappa shape index (κ1) is 15.9. The molecule has 8 nitrogen and oxygen atoms in total. The second kappa shape index (κ2) is 5.89. The molecule has 0 radical (unpaired) electrons. The van der Waals surface area contributed by atoms with Crippen LogP contribution in [0.4, 0.5) is 11.5 Å². The van der Waals surface area contributed by atoms with E-state index in [0.717, 1.165) is 0 Å². The van der Waals surface area contributed by atoms with Crippen molar-refractivity contribution in [3.05, 3.63) is 15.8 Å². The van der Waals surface area contributed by atoms with Crippen molar-refractivity contribution in [2.75, 3.05) is 18.5 Å². The van der Waals surface area contributed by atoms with E-state index in [1.54, 1.807) is 25.9 Å². The lowest BCUT2D eigenvalue weighted by Gasteiger charge is -2.20. The molecule has 8 heteroatoms. The van der Waals surface area contributed by atoms with E-state index in [0.29, 0.717) is 11.5 Å². The van der Waals surface area contributed by atoms with Crippen LogP contribution in [0.1, 0.15) is 32.4 Å². The van der Waals surface area contributed by atoms with Gasteiger partial charge in [0.15, 0.2) is 0 Å². The van der Waals surface area contributed by atoms with Crippen LogP contribution in [0.25, 0.3) is 0 Å². The van der Waals surface area contributed by atoms with E-state index in [1.165, 1.54) is 4.68 Å². The van der Waals surface area contributed by atoms with Crippen molar-refractivity contribution in [3.63, 3.8) is 0 Å². The number of hydrogen-bond acceptors (Lipinski definition) is 5. The van der Waals surface area contributed by atoms with E-state index >= 15 is 0 Å². The van der Waals surface area contributed by atoms with E-state index in [-0.39, 0.29) is 18.2 Å². The third-order valence-corrected chi connectivity index (χ3v) is 3.08. The summed E-state index contributed by atoms with van der Waals surface area (Å²) in [5.41, 5.74) is 0.352. The number of anilines is 1. The van der Waals surface area contributed by atoms with Crippen LogP contribution >= 0.6 is 0 Å². The van der Waals surface area contributed by atoms with Crippen molar-refractivity contribution in [3.8, 4) is 0 Å². The summed E-state index contributed by atoms with van der Waals surface area (Å²) in [4.78, 5) is 23.3. The molecule has 0 aromatic carbocycles. The van der Waals surface area contributed by atoms with E-state index < -0.39 is 16.8 Å². The molecule has 0 saturated heterocycles. The van der Waals surface area contributed by atoms with Crippen LogP contribution in [0.15, 0.2) is 0 Å². The first-order valence-electron chi connectivity index (χ1n) is 6.32. The van der Waals surface area contributed by atoms with Crippen LogP contribution < -0.4 is 4.90 Å². The van der Waals surface area contributed by atoms with Crippen molar-refractivity contribution >= 4 is 17.5 Å². The number of nitro groups is 1. The average molecular weight is 284 g/mol. The molecule has 0 aliphatic carbocycles. The molecule has 0 saturated carbocycles. The Morgan fingerprint density at radius 2 is 2.05 bits per heavy atom. The second-order valence-electron chi connectivity index (χ2n) is 5.21. The summed E-state index contributed by atoms with van der Waals surface area (Å²) in [7, 11) is 3.25. The van der Waals surface area contributed by atoms with Crippen molar-refractivity contribution in [1.82, 2.24) is 9.78 Å². The minimum atomic E-state index is -0.939. The summed E-state index contributed by atoms with van der Waals surface area (Å²) in [6, 6.07) is 0. The zero-order valence-electron chi connectivity index (χ0n) is 12.3. The van der Waals surface area contributed by atoms with Crippen LogP contribution in [-0.4, -0.2) is 39.4 Å². The molecule has 0 aliphatic heterocycles. The van der Waals surface area contributed by atoms with Crippen LogP contribution in [0.2, 0.25) is 0 Å². The van der Waals surface area contributed by atoms with Gasteiger partial charge in [0.2, 0.25) is 5.82 Å². The zero-order valence-corrected chi connectivity index (χ0v) is 12.3. The fraction of sp³-hybridized carbons (Fsp3) is 0.667. The maximum absolute atomic E-state index is 11.3.